The zero-order valence-corrected chi connectivity index (χ0v) is 70.7. The fraction of sp³-hybridized carbons (Fsp3) is 0.765. The number of anilines is 3. The number of nitriles is 1. The van der Waals surface area contributed by atoms with Gasteiger partial charge in [-0.3, -0.25) is 9.69 Å². The normalized spacial score (nSPS) is 12.5. The monoisotopic (exact) mass is 1700 g/mol. The van der Waals surface area contributed by atoms with Crippen molar-refractivity contribution in [3.8, 4) is 6.07 Å². The Morgan fingerprint density at radius 3 is 1.12 bits per heavy atom. The molecule has 0 saturated carbocycles. The van der Waals surface area contributed by atoms with Gasteiger partial charge in [0.15, 0.2) is 5.82 Å². The van der Waals surface area contributed by atoms with Crippen LogP contribution in [0.3, 0.4) is 0 Å². The van der Waals surface area contributed by atoms with E-state index in [1.807, 2.05) is 0 Å². The molecule has 676 valence electrons. The number of rotatable bonds is 85. The molecule has 36 nitrogen and oxygen atoms in total. The van der Waals surface area contributed by atoms with Crippen LogP contribution in [0.25, 0.3) is 21.9 Å². The van der Waals surface area contributed by atoms with Crippen LogP contribution in [-0.4, -0.2) is 393 Å². The zero-order valence-electron chi connectivity index (χ0n) is 69.9. The molecule has 0 spiro atoms. The third-order valence-electron chi connectivity index (χ3n) is 17.2. The maximum Gasteiger partial charge on any atom is 0.319 e. The van der Waals surface area contributed by atoms with Crippen molar-refractivity contribution < 1.29 is 128 Å². The summed E-state index contributed by atoms with van der Waals surface area (Å²) in [4.78, 5) is 37.7. The lowest BCUT2D eigenvalue weighted by molar-refractivity contribution is -0.138. The van der Waals surface area contributed by atoms with Gasteiger partial charge in [0.2, 0.25) is 0 Å². The minimum Gasteiger partial charge on any atom is -0.481 e. The topological polar surface area (TPSA) is 387 Å². The number of nitrogens with zero attached hydrogens (tertiary/aromatic N) is 6. The standard InChI is InChI=1S/C81H137N9O27.ClH/c1-2-3-9-76-87-78-79(90(76)14-5-4-13-84-81(93)85-72-8-6-7-71(68-72)70-82)74-69-73(10-11-75(74)86-80(78)83)89-17-15-88(16-18-89)19-21-95-23-25-97-27-29-99-31-33-101-35-37-103-39-41-105-43-45-107-47-49-109-51-53-111-55-57-113-59-61-115-63-65-117-67-66-116-64-62-114-60-58-112-56-54-110-52-50-108-48-46-106-44-42-104-40-38-102-36-34-100-32-30-98-28-26-96-24-22-94-20-12-77(91)92;/h6-8,10-11,68-69H,2-5,9,12-67H2,1H3,(H2,83,86)(H,91,92)(H2,84,85,93);1H. The molecule has 2 aromatic heterocycles. The highest BCUT2D eigenvalue weighted by molar-refractivity contribution is 6.07. The summed E-state index contributed by atoms with van der Waals surface area (Å²) in [6.45, 7) is 30.3. The number of piperazine rings is 1. The van der Waals surface area contributed by atoms with E-state index in [2.05, 4.69) is 56.2 Å². The molecule has 4 aromatic rings. The number of benzene rings is 2. The summed E-state index contributed by atoms with van der Waals surface area (Å²) in [7, 11) is 0. The van der Waals surface area contributed by atoms with E-state index < -0.39 is 5.97 Å². The molecular weight excluding hydrogens is 1570 g/mol. The van der Waals surface area contributed by atoms with Crippen LogP contribution in [0.1, 0.15) is 50.4 Å². The lowest BCUT2D eigenvalue weighted by Crippen LogP contribution is -2.47. The van der Waals surface area contributed by atoms with Crippen LogP contribution < -0.4 is 21.3 Å². The number of amides is 2. The molecule has 5 N–H and O–H groups in total. The fourth-order valence-corrected chi connectivity index (χ4v) is 11.1. The van der Waals surface area contributed by atoms with Gasteiger partial charge >= 0.3 is 12.0 Å². The molecule has 1 fully saturated rings. The van der Waals surface area contributed by atoms with Crippen LogP contribution in [0.5, 0.6) is 0 Å². The molecule has 5 rings (SSSR count). The minimum absolute atomic E-state index is 0. The van der Waals surface area contributed by atoms with Gasteiger partial charge in [-0.15, -0.1) is 12.4 Å². The Kier molecular flexibility index (Phi) is 67.8. The molecule has 0 bridgehead atoms. The van der Waals surface area contributed by atoms with Gasteiger partial charge in [-0.25, -0.2) is 14.8 Å². The van der Waals surface area contributed by atoms with Gasteiger partial charge in [0.25, 0.3) is 0 Å². The van der Waals surface area contributed by atoms with E-state index in [1.54, 1.807) is 24.3 Å². The Bertz CT molecular complexity index is 3060. The number of carbonyl (C=O) groups is 2. The van der Waals surface area contributed by atoms with Gasteiger partial charge in [-0.05, 0) is 55.7 Å². The van der Waals surface area contributed by atoms with Crippen LogP contribution in [-0.2, 0) is 131 Å². The van der Waals surface area contributed by atoms with E-state index in [0.29, 0.717) is 334 Å². The second kappa shape index (κ2) is 76.3. The third-order valence-corrected chi connectivity index (χ3v) is 17.2. The highest BCUT2D eigenvalue weighted by Gasteiger charge is 2.22. The molecule has 0 aliphatic carbocycles. The summed E-state index contributed by atoms with van der Waals surface area (Å²) in [5.41, 5.74) is 11.4. The van der Waals surface area contributed by atoms with Crippen molar-refractivity contribution in [3.05, 3.63) is 53.9 Å². The van der Waals surface area contributed by atoms with Crippen molar-refractivity contribution >= 4 is 63.5 Å². The number of nitrogens with two attached hydrogens (primary N) is 1. The number of carboxylic acid groups (broad SMARTS) is 1. The first kappa shape index (κ1) is 105. The number of pyridine rings is 1. The van der Waals surface area contributed by atoms with Crippen LogP contribution in [0.4, 0.5) is 22.0 Å². The number of carboxylic acids is 1. The van der Waals surface area contributed by atoms with Gasteiger partial charge in [0.05, 0.1) is 346 Å². The number of urea groups is 1. The predicted octanol–water partition coefficient (Wildman–Crippen LogP) is 5.40. The minimum atomic E-state index is -0.882. The Labute approximate surface area is 703 Å². The molecule has 1 aliphatic heterocycles. The average Bonchev–Trinajstić information content (AvgIpc) is 1.56. The summed E-state index contributed by atoms with van der Waals surface area (Å²) in [5.74, 6) is 0.555. The highest BCUT2D eigenvalue weighted by atomic mass is 35.5. The van der Waals surface area contributed by atoms with Crippen LogP contribution in [0.2, 0.25) is 0 Å². The number of unbranched alkanes of at least 4 members (excludes halogenated alkanes) is 2. The number of nitrogen functional groups attached to an aromatic ring is 1. The van der Waals surface area contributed by atoms with E-state index in [-0.39, 0.29) is 31.5 Å². The van der Waals surface area contributed by atoms with Crippen LogP contribution in [0.15, 0.2) is 42.5 Å². The number of ether oxygens (including phenoxy) is 24. The van der Waals surface area contributed by atoms with E-state index in [4.69, 9.17) is 134 Å². The molecule has 0 unspecified atom stereocenters. The first-order valence-corrected chi connectivity index (χ1v) is 41.5. The number of aryl methyl sites for hydroxylation is 2. The number of fused-ring (bicyclic) bond motifs is 3. The first-order valence-electron chi connectivity index (χ1n) is 41.5. The fourth-order valence-electron chi connectivity index (χ4n) is 11.1. The summed E-state index contributed by atoms with van der Waals surface area (Å²) in [6, 6.07) is 15.1. The summed E-state index contributed by atoms with van der Waals surface area (Å²) < 4.78 is 135. The quantitative estimate of drug-likeness (QED) is 0.0402. The van der Waals surface area contributed by atoms with E-state index in [1.165, 1.54) is 0 Å². The Morgan fingerprint density at radius 2 is 0.780 bits per heavy atom. The van der Waals surface area contributed by atoms with Crippen molar-refractivity contribution in [3.63, 3.8) is 0 Å². The van der Waals surface area contributed by atoms with Crippen molar-refractivity contribution in [2.24, 2.45) is 0 Å². The van der Waals surface area contributed by atoms with E-state index >= 15 is 0 Å². The molecule has 3 heterocycles. The molecular formula is C81H138ClN9O27. The van der Waals surface area contributed by atoms with E-state index in [9.17, 15) is 14.9 Å². The number of aromatic nitrogens is 3. The van der Waals surface area contributed by atoms with Crippen molar-refractivity contribution in [2.75, 3.05) is 372 Å². The predicted molar refractivity (Wildman–Crippen MR) is 443 cm³/mol. The number of aliphatic carboxylic acids is 1. The number of hydrogen-bond acceptors (Lipinski definition) is 32. The molecule has 0 atom stereocenters. The Balaban J connectivity index is 0.0000293. The first-order chi connectivity index (χ1) is 57.9. The van der Waals surface area contributed by atoms with Crippen LogP contribution in [0, 0.1) is 11.3 Å². The summed E-state index contributed by atoms with van der Waals surface area (Å²) in [6.07, 6.45) is 4.48. The average molecular weight is 1710 g/mol. The number of carbonyl (C=O) groups excluding carboxylic acids is 1. The maximum absolute atomic E-state index is 12.6. The second-order valence-electron chi connectivity index (χ2n) is 26.1. The van der Waals surface area contributed by atoms with Crippen LogP contribution >= 0.6 is 12.4 Å². The Hall–Kier alpha value is -5.56. The van der Waals surface area contributed by atoms with Crippen molar-refractivity contribution in [1.82, 2.24) is 24.8 Å². The third kappa shape index (κ3) is 55.5. The molecule has 37 heteroatoms. The van der Waals surface area contributed by atoms with Gasteiger partial charge in [-0.2, -0.15) is 5.26 Å². The molecule has 2 amide bonds. The number of halogens is 1. The molecule has 118 heavy (non-hydrogen) atoms. The number of hydrogen-bond donors (Lipinski definition) is 4. The van der Waals surface area contributed by atoms with Gasteiger partial charge in [0.1, 0.15) is 11.3 Å². The largest absolute Gasteiger partial charge is 0.481 e. The number of nitrogens with one attached hydrogen (secondary N) is 2. The smallest absolute Gasteiger partial charge is 0.319 e. The van der Waals surface area contributed by atoms with Crippen molar-refractivity contribution in [1.29, 1.82) is 5.26 Å². The van der Waals surface area contributed by atoms with Crippen molar-refractivity contribution in [2.45, 2.75) is 52.0 Å². The zero-order chi connectivity index (χ0) is 82.7. The maximum atomic E-state index is 12.6. The van der Waals surface area contributed by atoms with Gasteiger partial charge < -0.3 is 145 Å². The molecule has 1 aliphatic rings. The second-order valence-corrected chi connectivity index (χ2v) is 26.1. The summed E-state index contributed by atoms with van der Waals surface area (Å²) >= 11 is 0. The van der Waals surface area contributed by atoms with Gasteiger partial charge in [0, 0.05) is 69.0 Å². The van der Waals surface area contributed by atoms with E-state index in [0.717, 1.165) is 105 Å². The molecule has 2 aromatic carbocycles. The number of imidazole rings is 1. The SMILES string of the molecule is CCCCc1nc2c(N)nc3ccc(N4CCN(CCOCCOCCOCCOCCOCCOCCOCCOCCOCCOCCOCCOCCOCCOCCOCCOCCOCCOCCOCCOCCOCCOCCOCCOCCC(=O)O)CC4)cc3c2n1CCCCNC(=O)Nc1cccc(C#N)c1.Cl. The lowest BCUT2D eigenvalue weighted by Gasteiger charge is -2.36. The Morgan fingerprint density at radius 1 is 0.432 bits per heavy atom. The summed E-state index contributed by atoms with van der Waals surface area (Å²) in [5, 5.41) is 24.5. The van der Waals surface area contributed by atoms with Gasteiger partial charge in [-0.1, -0.05) is 19.4 Å². The molecule has 0 radical (unpaired) electrons. The molecule has 1 saturated heterocycles. The lowest BCUT2D eigenvalue weighted by atomic mass is 10.1. The highest BCUT2D eigenvalue weighted by Crippen LogP contribution is 2.33.